The van der Waals surface area contributed by atoms with Crippen molar-refractivity contribution in [2.45, 2.75) is 51.2 Å². The zero-order valence-electron chi connectivity index (χ0n) is 20.4. The summed E-state index contributed by atoms with van der Waals surface area (Å²) >= 11 is 6.01. The van der Waals surface area contributed by atoms with E-state index in [4.69, 9.17) is 11.6 Å². The minimum Gasteiger partial charge on any atom is -0.384 e. The van der Waals surface area contributed by atoms with Gasteiger partial charge in [0.15, 0.2) is 0 Å². The van der Waals surface area contributed by atoms with Crippen LogP contribution >= 0.6 is 11.6 Å². The number of rotatable bonds is 4. The van der Waals surface area contributed by atoms with E-state index < -0.39 is 28.7 Å². The lowest BCUT2D eigenvalue weighted by Crippen LogP contribution is -2.55. The quantitative estimate of drug-likeness (QED) is 0.499. The molecule has 2 saturated heterocycles. The Labute approximate surface area is 214 Å². The Morgan fingerprint density at radius 3 is 2.64 bits per heavy atom. The van der Waals surface area contributed by atoms with Gasteiger partial charge < -0.3 is 5.11 Å². The van der Waals surface area contributed by atoms with Gasteiger partial charge in [-0.2, -0.15) is 0 Å². The second kappa shape index (κ2) is 9.21. The van der Waals surface area contributed by atoms with Gasteiger partial charge in [-0.1, -0.05) is 43.6 Å². The normalized spacial score (nSPS) is 24.6. The van der Waals surface area contributed by atoms with Gasteiger partial charge in [0.25, 0.3) is 0 Å². The second-order valence-corrected chi connectivity index (χ2v) is 11.0. The Kier molecular flexibility index (Phi) is 6.35. The van der Waals surface area contributed by atoms with Crippen LogP contribution in [0.25, 0.3) is 10.9 Å². The van der Waals surface area contributed by atoms with Crippen LogP contribution in [0.5, 0.6) is 0 Å². The van der Waals surface area contributed by atoms with Gasteiger partial charge in [-0.05, 0) is 48.2 Å². The van der Waals surface area contributed by atoms with Crippen molar-refractivity contribution in [1.29, 1.82) is 0 Å². The highest BCUT2D eigenvalue weighted by Crippen LogP contribution is 2.48. The zero-order chi connectivity index (χ0) is 25.7. The van der Waals surface area contributed by atoms with Crippen molar-refractivity contribution in [3.63, 3.8) is 0 Å². The minimum atomic E-state index is -1.38. The Morgan fingerprint density at radius 2 is 1.94 bits per heavy atom. The highest BCUT2D eigenvalue weighted by atomic mass is 35.5. The number of hydrogen-bond acceptors (Lipinski definition) is 5. The van der Waals surface area contributed by atoms with Gasteiger partial charge in [0.1, 0.15) is 5.82 Å². The maximum absolute atomic E-state index is 16.0. The van der Waals surface area contributed by atoms with Crippen LogP contribution in [0.4, 0.5) is 4.39 Å². The molecule has 6 nitrogen and oxygen atoms in total. The van der Waals surface area contributed by atoms with Crippen molar-refractivity contribution >= 4 is 34.3 Å². The molecule has 36 heavy (non-hydrogen) atoms. The van der Waals surface area contributed by atoms with Gasteiger partial charge in [-0.15, -0.1) is 0 Å². The molecule has 188 valence electrons. The molecule has 2 aliphatic heterocycles. The summed E-state index contributed by atoms with van der Waals surface area (Å²) < 4.78 is 16.0. The first-order chi connectivity index (χ1) is 17.1. The number of carbonyl (C=O) groups excluding carboxylic acids is 2. The Bertz CT molecular complexity index is 1340. The van der Waals surface area contributed by atoms with Crippen molar-refractivity contribution in [1.82, 2.24) is 15.2 Å². The third-order valence-electron chi connectivity index (χ3n) is 7.76. The van der Waals surface area contributed by atoms with Crippen molar-refractivity contribution in [3.05, 3.63) is 76.2 Å². The van der Waals surface area contributed by atoms with Gasteiger partial charge in [0.05, 0.1) is 17.0 Å². The number of hydrogen-bond donors (Lipinski definition) is 2. The Hall–Kier alpha value is -2.87. The van der Waals surface area contributed by atoms with E-state index in [1.165, 1.54) is 0 Å². The lowest BCUT2D eigenvalue weighted by molar-refractivity contribution is -0.134. The van der Waals surface area contributed by atoms with Gasteiger partial charge in [-0.3, -0.25) is 24.8 Å². The molecule has 3 heterocycles. The summed E-state index contributed by atoms with van der Waals surface area (Å²) in [5.41, 5.74) is 0.368. The molecule has 5 rings (SSSR count). The SMILES string of the molecule is CC1(C)CN(Cc2ccc(Cl)cc2)CC[C@]1(O)c1ccc2ncc(C3CCC(=O)NC3=O)cc2c1F. The van der Waals surface area contributed by atoms with E-state index in [9.17, 15) is 14.7 Å². The molecule has 0 aliphatic carbocycles. The molecule has 0 radical (unpaired) electrons. The topological polar surface area (TPSA) is 82.5 Å². The maximum Gasteiger partial charge on any atom is 0.234 e. The molecule has 2 amide bonds. The van der Waals surface area contributed by atoms with E-state index in [2.05, 4.69) is 15.2 Å². The third-order valence-corrected chi connectivity index (χ3v) is 8.01. The molecule has 2 aliphatic rings. The van der Waals surface area contributed by atoms with Crippen LogP contribution in [0.1, 0.15) is 55.7 Å². The van der Waals surface area contributed by atoms with Crippen molar-refractivity contribution in [2.75, 3.05) is 13.1 Å². The number of piperidine rings is 2. The minimum absolute atomic E-state index is 0.234. The predicted molar refractivity (Wildman–Crippen MR) is 136 cm³/mol. The molecular formula is C28H29ClFN3O3. The number of carbonyl (C=O) groups is 2. The van der Waals surface area contributed by atoms with Crippen LogP contribution in [0.15, 0.2) is 48.7 Å². The lowest BCUT2D eigenvalue weighted by Gasteiger charge is -2.50. The first kappa shape index (κ1) is 24.8. The number of nitrogens with zero attached hydrogens (tertiary/aromatic N) is 2. The monoisotopic (exact) mass is 509 g/mol. The van der Waals surface area contributed by atoms with Crippen molar-refractivity contribution < 1.29 is 19.1 Å². The summed E-state index contributed by atoms with van der Waals surface area (Å²) in [6.45, 7) is 5.83. The summed E-state index contributed by atoms with van der Waals surface area (Å²) in [7, 11) is 0. The third kappa shape index (κ3) is 4.40. The van der Waals surface area contributed by atoms with Crippen molar-refractivity contribution in [3.8, 4) is 0 Å². The number of pyridine rings is 1. The van der Waals surface area contributed by atoms with Crippen LogP contribution < -0.4 is 5.32 Å². The molecule has 3 aromatic rings. The van der Waals surface area contributed by atoms with E-state index in [1.807, 2.05) is 38.1 Å². The molecule has 0 bridgehead atoms. The first-order valence-electron chi connectivity index (χ1n) is 12.2. The van der Waals surface area contributed by atoms with Crippen LogP contribution in [-0.4, -0.2) is 39.9 Å². The standard InChI is InChI=1S/C28H29ClFN3O3/c1-27(2)16-33(15-17-3-5-19(29)6-4-17)12-11-28(27,36)22-8-9-23-21(25(22)30)13-18(14-31-23)20-7-10-24(34)32-26(20)35/h3-6,8-9,13-14,20,36H,7,10-12,15-16H2,1-2H3,(H,32,34,35)/t20?,28-/m0/s1. The molecule has 2 N–H and O–H groups in total. The van der Waals surface area contributed by atoms with Gasteiger partial charge >= 0.3 is 0 Å². The number of aliphatic hydroxyl groups is 1. The first-order valence-corrected chi connectivity index (χ1v) is 12.6. The van der Waals surface area contributed by atoms with E-state index in [0.29, 0.717) is 42.0 Å². The highest BCUT2D eigenvalue weighted by Gasteiger charge is 2.50. The number of imide groups is 1. The summed E-state index contributed by atoms with van der Waals surface area (Å²) in [5, 5.41) is 15.2. The Morgan fingerprint density at radius 1 is 1.19 bits per heavy atom. The number of nitrogens with one attached hydrogen (secondary N) is 1. The molecule has 2 aromatic carbocycles. The van der Waals surface area contributed by atoms with E-state index in [1.54, 1.807) is 24.4 Å². The zero-order valence-corrected chi connectivity index (χ0v) is 21.1. The number of fused-ring (bicyclic) bond motifs is 1. The van der Waals surface area contributed by atoms with E-state index in [-0.39, 0.29) is 23.3 Å². The molecule has 2 fully saturated rings. The molecule has 1 unspecified atom stereocenters. The van der Waals surface area contributed by atoms with Crippen LogP contribution in [0, 0.1) is 11.2 Å². The predicted octanol–water partition coefficient (Wildman–Crippen LogP) is 4.67. The number of halogens is 2. The number of benzene rings is 2. The highest BCUT2D eigenvalue weighted by molar-refractivity contribution is 6.30. The fourth-order valence-corrected chi connectivity index (χ4v) is 5.74. The summed E-state index contributed by atoms with van der Waals surface area (Å²) in [5.74, 6) is -1.77. The van der Waals surface area contributed by atoms with Gasteiger partial charge in [-0.25, -0.2) is 4.39 Å². The maximum atomic E-state index is 16.0. The fourth-order valence-electron chi connectivity index (χ4n) is 5.61. The second-order valence-electron chi connectivity index (χ2n) is 10.6. The van der Waals surface area contributed by atoms with Gasteiger partial charge in [0, 0.05) is 53.6 Å². The van der Waals surface area contributed by atoms with Crippen molar-refractivity contribution in [2.24, 2.45) is 5.41 Å². The number of likely N-dealkylation sites (tertiary alicyclic amines) is 1. The lowest BCUT2D eigenvalue weighted by atomic mass is 9.66. The van der Waals surface area contributed by atoms with E-state index >= 15 is 4.39 Å². The molecule has 1 aromatic heterocycles. The average molecular weight is 510 g/mol. The molecule has 0 spiro atoms. The smallest absolute Gasteiger partial charge is 0.234 e. The molecule has 2 atom stereocenters. The summed E-state index contributed by atoms with van der Waals surface area (Å²) in [6.07, 6.45) is 2.53. The Balaban J connectivity index is 1.44. The number of aromatic nitrogens is 1. The number of amides is 2. The molecular weight excluding hydrogens is 481 g/mol. The summed E-state index contributed by atoms with van der Waals surface area (Å²) in [4.78, 5) is 30.5. The van der Waals surface area contributed by atoms with Crippen LogP contribution in [-0.2, 0) is 21.7 Å². The molecule has 0 saturated carbocycles. The van der Waals surface area contributed by atoms with Crippen LogP contribution in [0.2, 0.25) is 5.02 Å². The summed E-state index contributed by atoms with van der Waals surface area (Å²) in [6, 6.07) is 12.7. The van der Waals surface area contributed by atoms with Gasteiger partial charge in [0.2, 0.25) is 11.8 Å². The average Bonchev–Trinajstić information content (AvgIpc) is 2.83. The molecule has 8 heteroatoms. The van der Waals surface area contributed by atoms with Crippen LogP contribution in [0.3, 0.4) is 0 Å². The fraction of sp³-hybridized carbons (Fsp3) is 0.393. The largest absolute Gasteiger partial charge is 0.384 e. The van der Waals surface area contributed by atoms with E-state index in [0.717, 1.165) is 12.1 Å².